The van der Waals surface area contributed by atoms with E-state index in [-0.39, 0.29) is 0 Å². The van der Waals surface area contributed by atoms with Gasteiger partial charge in [-0.2, -0.15) is 0 Å². The van der Waals surface area contributed by atoms with E-state index in [2.05, 4.69) is 48.0 Å². The summed E-state index contributed by atoms with van der Waals surface area (Å²) < 4.78 is 0. The zero-order valence-corrected chi connectivity index (χ0v) is 12.2. The molecule has 3 heteroatoms. The van der Waals surface area contributed by atoms with E-state index in [4.69, 9.17) is 11.6 Å². The van der Waals surface area contributed by atoms with Crippen molar-refractivity contribution in [2.45, 2.75) is 31.7 Å². The smallest absolute Gasteiger partial charge is 0.0474 e. The summed E-state index contributed by atoms with van der Waals surface area (Å²) in [7, 11) is 2.21. The number of halogens is 1. The van der Waals surface area contributed by atoms with Crippen LogP contribution in [0, 0.1) is 0 Å². The SMILES string of the molecule is CCN1CCC(N(C)c2ccc(CCl)cc2)CC1. The van der Waals surface area contributed by atoms with Crippen molar-refractivity contribution in [1.29, 1.82) is 0 Å². The summed E-state index contributed by atoms with van der Waals surface area (Å²) in [5.74, 6) is 0.596. The van der Waals surface area contributed by atoms with Crippen LogP contribution in [0.25, 0.3) is 0 Å². The van der Waals surface area contributed by atoms with E-state index in [1.807, 2.05) is 0 Å². The highest BCUT2D eigenvalue weighted by atomic mass is 35.5. The first kappa shape index (κ1) is 13.7. The van der Waals surface area contributed by atoms with Crippen molar-refractivity contribution in [1.82, 2.24) is 4.90 Å². The number of piperidine rings is 1. The predicted octanol–water partition coefficient (Wildman–Crippen LogP) is 3.35. The highest BCUT2D eigenvalue weighted by Gasteiger charge is 2.21. The number of hydrogen-bond donors (Lipinski definition) is 0. The number of rotatable bonds is 4. The third kappa shape index (κ3) is 3.18. The summed E-state index contributed by atoms with van der Waals surface area (Å²) >= 11 is 5.82. The zero-order chi connectivity index (χ0) is 13.0. The van der Waals surface area contributed by atoms with Gasteiger partial charge in [0.05, 0.1) is 0 Å². The number of benzene rings is 1. The molecule has 2 nitrogen and oxygen atoms in total. The molecule has 0 N–H and O–H groups in total. The van der Waals surface area contributed by atoms with Crippen LogP contribution >= 0.6 is 11.6 Å². The molecule has 0 saturated carbocycles. The monoisotopic (exact) mass is 266 g/mol. The highest BCUT2D eigenvalue weighted by molar-refractivity contribution is 6.17. The fourth-order valence-electron chi connectivity index (χ4n) is 2.65. The maximum atomic E-state index is 5.82. The van der Waals surface area contributed by atoms with Gasteiger partial charge in [0, 0.05) is 37.7 Å². The lowest BCUT2D eigenvalue weighted by Crippen LogP contribution is -2.43. The Bertz CT molecular complexity index is 355. The number of anilines is 1. The van der Waals surface area contributed by atoms with E-state index in [1.54, 1.807) is 0 Å². The quantitative estimate of drug-likeness (QED) is 0.772. The van der Waals surface area contributed by atoms with Gasteiger partial charge in [0.15, 0.2) is 0 Å². The van der Waals surface area contributed by atoms with E-state index in [0.29, 0.717) is 11.9 Å². The molecular weight excluding hydrogens is 244 g/mol. The first-order valence-corrected chi connectivity index (χ1v) is 7.38. The number of likely N-dealkylation sites (tertiary alicyclic amines) is 1. The molecule has 0 amide bonds. The molecule has 1 fully saturated rings. The van der Waals surface area contributed by atoms with Gasteiger partial charge in [0.1, 0.15) is 0 Å². The Morgan fingerprint density at radius 1 is 1.22 bits per heavy atom. The summed E-state index contributed by atoms with van der Waals surface area (Å²) in [6.07, 6.45) is 2.53. The molecule has 0 spiro atoms. The predicted molar refractivity (Wildman–Crippen MR) is 79.5 cm³/mol. The fraction of sp³-hybridized carbons (Fsp3) is 0.600. The molecule has 0 aliphatic carbocycles. The first-order chi connectivity index (χ1) is 8.74. The Morgan fingerprint density at radius 3 is 2.33 bits per heavy atom. The lowest BCUT2D eigenvalue weighted by atomic mass is 10.0. The zero-order valence-electron chi connectivity index (χ0n) is 11.4. The maximum Gasteiger partial charge on any atom is 0.0474 e. The molecule has 2 rings (SSSR count). The second-order valence-corrected chi connectivity index (χ2v) is 5.34. The Hall–Kier alpha value is -0.730. The molecule has 1 aliphatic heterocycles. The van der Waals surface area contributed by atoms with Crippen molar-refractivity contribution in [3.8, 4) is 0 Å². The third-order valence-corrected chi connectivity index (χ3v) is 4.36. The van der Waals surface area contributed by atoms with Crippen LogP contribution in [0.2, 0.25) is 0 Å². The van der Waals surface area contributed by atoms with Gasteiger partial charge in [-0.05, 0) is 37.1 Å². The normalized spacial score (nSPS) is 17.9. The van der Waals surface area contributed by atoms with E-state index in [0.717, 1.165) is 0 Å². The van der Waals surface area contributed by atoms with Gasteiger partial charge in [-0.1, -0.05) is 19.1 Å². The van der Waals surface area contributed by atoms with Crippen molar-refractivity contribution < 1.29 is 0 Å². The minimum Gasteiger partial charge on any atom is -0.372 e. The molecule has 100 valence electrons. The molecule has 0 bridgehead atoms. The van der Waals surface area contributed by atoms with Crippen molar-refractivity contribution >= 4 is 17.3 Å². The molecule has 0 radical (unpaired) electrons. The van der Waals surface area contributed by atoms with Gasteiger partial charge >= 0.3 is 0 Å². The molecular formula is C15H23ClN2. The summed E-state index contributed by atoms with van der Waals surface area (Å²) in [5, 5.41) is 0. The molecule has 0 aromatic heterocycles. The van der Waals surface area contributed by atoms with Crippen molar-refractivity contribution in [3.63, 3.8) is 0 Å². The lowest BCUT2D eigenvalue weighted by Gasteiger charge is -2.37. The van der Waals surface area contributed by atoms with Gasteiger partial charge < -0.3 is 9.80 Å². The molecule has 18 heavy (non-hydrogen) atoms. The van der Waals surface area contributed by atoms with Gasteiger partial charge in [-0.15, -0.1) is 11.6 Å². The molecule has 0 atom stereocenters. The van der Waals surface area contributed by atoms with Gasteiger partial charge in [-0.3, -0.25) is 0 Å². The summed E-state index contributed by atoms with van der Waals surface area (Å²) in [6.45, 7) is 5.88. The average Bonchev–Trinajstić information content (AvgIpc) is 2.47. The lowest BCUT2D eigenvalue weighted by molar-refractivity contribution is 0.221. The van der Waals surface area contributed by atoms with Crippen LogP contribution in [0.1, 0.15) is 25.3 Å². The van der Waals surface area contributed by atoms with Crippen molar-refractivity contribution in [2.24, 2.45) is 0 Å². The van der Waals surface area contributed by atoms with E-state index < -0.39 is 0 Å². The minimum atomic E-state index is 0.596. The Morgan fingerprint density at radius 2 is 1.83 bits per heavy atom. The molecule has 1 aliphatic rings. The molecule has 0 unspecified atom stereocenters. The minimum absolute atomic E-state index is 0.596. The number of hydrogen-bond acceptors (Lipinski definition) is 2. The summed E-state index contributed by atoms with van der Waals surface area (Å²) in [6, 6.07) is 9.29. The Labute approximate surface area is 116 Å². The standard InChI is InChI=1S/C15H23ClN2/c1-3-18-10-8-15(9-11-18)17(2)14-6-4-13(12-16)5-7-14/h4-7,15H,3,8-12H2,1-2H3. The van der Waals surface area contributed by atoms with Crippen LogP contribution in [0.3, 0.4) is 0 Å². The summed E-state index contributed by atoms with van der Waals surface area (Å²) in [5.41, 5.74) is 2.49. The molecule has 1 saturated heterocycles. The molecule has 1 aromatic rings. The van der Waals surface area contributed by atoms with Crippen LogP contribution < -0.4 is 4.90 Å². The van der Waals surface area contributed by atoms with Gasteiger partial charge in [-0.25, -0.2) is 0 Å². The van der Waals surface area contributed by atoms with E-state index in [1.165, 1.54) is 43.7 Å². The highest BCUT2D eigenvalue weighted by Crippen LogP contribution is 2.22. The second-order valence-electron chi connectivity index (χ2n) is 5.08. The topological polar surface area (TPSA) is 6.48 Å². The first-order valence-electron chi connectivity index (χ1n) is 6.84. The Balaban J connectivity index is 1.96. The van der Waals surface area contributed by atoms with Crippen LogP contribution in [-0.2, 0) is 5.88 Å². The summed E-state index contributed by atoms with van der Waals surface area (Å²) in [4.78, 5) is 4.95. The van der Waals surface area contributed by atoms with Crippen molar-refractivity contribution in [3.05, 3.63) is 29.8 Å². The van der Waals surface area contributed by atoms with E-state index >= 15 is 0 Å². The average molecular weight is 267 g/mol. The van der Waals surface area contributed by atoms with Gasteiger partial charge in [0.25, 0.3) is 0 Å². The number of alkyl halides is 1. The Kier molecular flexibility index (Phi) is 4.90. The van der Waals surface area contributed by atoms with Gasteiger partial charge in [0.2, 0.25) is 0 Å². The van der Waals surface area contributed by atoms with Crippen molar-refractivity contribution in [2.75, 3.05) is 31.6 Å². The third-order valence-electron chi connectivity index (χ3n) is 4.05. The van der Waals surface area contributed by atoms with Crippen LogP contribution in [-0.4, -0.2) is 37.6 Å². The van der Waals surface area contributed by atoms with E-state index in [9.17, 15) is 0 Å². The molecule has 1 aromatic carbocycles. The van der Waals surface area contributed by atoms with Crippen LogP contribution in [0.5, 0.6) is 0 Å². The molecule has 1 heterocycles. The van der Waals surface area contributed by atoms with Crippen LogP contribution in [0.15, 0.2) is 24.3 Å². The number of nitrogens with zero attached hydrogens (tertiary/aromatic N) is 2. The fourth-order valence-corrected chi connectivity index (χ4v) is 2.83. The van der Waals surface area contributed by atoms with Crippen LogP contribution in [0.4, 0.5) is 5.69 Å². The maximum absolute atomic E-state index is 5.82. The second kappa shape index (κ2) is 6.44. The largest absolute Gasteiger partial charge is 0.372 e.